The molecule has 2 rings (SSSR count). The molecule has 1 aromatic carbocycles. The van der Waals surface area contributed by atoms with Gasteiger partial charge in [-0.05, 0) is 24.3 Å². The first-order valence-corrected chi connectivity index (χ1v) is 5.09. The predicted octanol–water partition coefficient (Wildman–Crippen LogP) is 3.64. The van der Waals surface area contributed by atoms with Crippen LogP contribution in [0.5, 0.6) is 0 Å². The minimum absolute atomic E-state index is 0.521. The summed E-state index contributed by atoms with van der Waals surface area (Å²) < 4.78 is 0. The molecule has 1 heterocycles. The lowest BCUT2D eigenvalue weighted by atomic mass is 10.1. The van der Waals surface area contributed by atoms with Gasteiger partial charge in [0.2, 0.25) is 0 Å². The molecule has 0 saturated heterocycles. The third kappa shape index (κ3) is 2.22. The lowest BCUT2D eigenvalue weighted by Crippen LogP contribution is -1.88. The Morgan fingerprint density at radius 1 is 1.00 bits per heavy atom. The number of pyridine rings is 1. The average molecular weight is 239 g/mol. The predicted molar refractivity (Wildman–Crippen MR) is 64.1 cm³/mol. The number of hydrogen-bond acceptors (Lipinski definition) is 2. The number of aromatic nitrogens is 1. The van der Waals surface area contributed by atoms with Crippen LogP contribution in [-0.4, -0.2) is 4.98 Å². The van der Waals surface area contributed by atoms with Gasteiger partial charge in [0.1, 0.15) is 0 Å². The van der Waals surface area contributed by atoms with Crippen molar-refractivity contribution in [2.75, 3.05) is 5.73 Å². The third-order valence-corrected chi connectivity index (χ3v) is 2.74. The molecule has 0 fully saturated rings. The van der Waals surface area contributed by atoms with E-state index in [-0.39, 0.29) is 0 Å². The molecule has 0 aliphatic carbocycles. The maximum Gasteiger partial charge on any atom is 0.0704 e. The molecule has 0 unspecified atom stereocenters. The zero-order valence-corrected chi connectivity index (χ0v) is 9.26. The van der Waals surface area contributed by atoms with Crippen LogP contribution in [0.2, 0.25) is 10.0 Å². The SMILES string of the molecule is Nc1ccc(-c2ccc(Cl)c(Cl)c2)nc1. The Balaban J connectivity index is 2.45. The second kappa shape index (κ2) is 4.09. The van der Waals surface area contributed by atoms with Gasteiger partial charge in [0, 0.05) is 5.56 Å². The Hall–Kier alpha value is -1.25. The molecule has 0 saturated carbocycles. The van der Waals surface area contributed by atoms with Crippen LogP contribution in [0.25, 0.3) is 11.3 Å². The van der Waals surface area contributed by atoms with E-state index in [1.807, 2.05) is 12.1 Å². The standard InChI is InChI=1S/C11H8Cl2N2/c12-9-3-1-7(5-10(9)13)11-4-2-8(14)6-15-11/h1-6H,14H2. The van der Waals surface area contributed by atoms with Crippen molar-refractivity contribution >= 4 is 28.9 Å². The molecule has 76 valence electrons. The van der Waals surface area contributed by atoms with E-state index in [0.717, 1.165) is 11.3 Å². The van der Waals surface area contributed by atoms with Crippen molar-refractivity contribution < 1.29 is 0 Å². The summed E-state index contributed by atoms with van der Waals surface area (Å²) in [6.07, 6.45) is 1.61. The lowest BCUT2D eigenvalue weighted by molar-refractivity contribution is 1.33. The molecule has 1 aromatic heterocycles. The van der Waals surface area contributed by atoms with Gasteiger partial charge >= 0.3 is 0 Å². The van der Waals surface area contributed by atoms with Crippen molar-refractivity contribution in [2.24, 2.45) is 0 Å². The van der Waals surface area contributed by atoms with E-state index in [1.54, 1.807) is 24.4 Å². The number of nitrogen functional groups attached to an aromatic ring is 1. The summed E-state index contributed by atoms with van der Waals surface area (Å²) in [4.78, 5) is 4.19. The topological polar surface area (TPSA) is 38.9 Å². The molecule has 0 radical (unpaired) electrons. The minimum atomic E-state index is 0.521. The van der Waals surface area contributed by atoms with E-state index in [4.69, 9.17) is 28.9 Å². The van der Waals surface area contributed by atoms with Crippen molar-refractivity contribution in [2.45, 2.75) is 0 Å². The van der Waals surface area contributed by atoms with E-state index < -0.39 is 0 Å². The van der Waals surface area contributed by atoms with Gasteiger partial charge in [0.05, 0.1) is 27.6 Å². The molecule has 0 spiro atoms. The number of nitrogens with two attached hydrogens (primary N) is 1. The summed E-state index contributed by atoms with van der Waals surface area (Å²) in [5.74, 6) is 0. The van der Waals surface area contributed by atoms with Crippen molar-refractivity contribution in [3.63, 3.8) is 0 Å². The van der Waals surface area contributed by atoms with Crippen molar-refractivity contribution in [1.82, 2.24) is 4.98 Å². The molecule has 0 aliphatic rings. The van der Waals surface area contributed by atoms with E-state index in [1.165, 1.54) is 0 Å². The van der Waals surface area contributed by atoms with Crippen LogP contribution < -0.4 is 5.73 Å². The maximum atomic E-state index is 5.91. The summed E-state index contributed by atoms with van der Waals surface area (Å²) in [7, 11) is 0. The fourth-order valence-corrected chi connectivity index (χ4v) is 1.53. The monoisotopic (exact) mass is 238 g/mol. The van der Waals surface area contributed by atoms with Gasteiger partial charge < -0.3 is 5.73 Å². The van der Waals surface area contributed by atoms with Gasteiger partial charge in [-0.2, -0.15) is 0 Å². The average Bonchev–Trinajstić information content (AvgIpc) is 2.23. The zero-order chi connectivity index (χ0) is 10.8. The molecule has 0 atom stereocenters. The molecular formula is C11H8Cl2N2. The molecule has 0 bridgehead atoms. The molecule has 15 heavy (non-hydrogen) atoms. The highest BCUT2D eigenvalue weighted by atomic mass is 35.5. The van der Waals surface area contributed by atoms with Gasteiger partial charge in [0.15, 0.2) is 0 Å². The Kier molecular flexibility index (Phi) is 2.80. The van der Waals surface area contributed by atoms with Gasteiger partial charge in [-0.15, -0.1) is 0 Å². The zero-order valence-electron chi connectivity index (χ0n) is 7.74. The lowest BCUT2D eigenvalue weighted by Gasteiger charge is -2.02. The summed E-state index contributed by atoms with van der Waals surface area (Å²) in [6, 6.07) is 9.03. The van der Waals surface area contributed by atoms with E-state index in [2.05, 4.69) is 4.98 Å². The molecule has 4 heteroatoms. The van der Waals surface area contributed by atoms with Crippen LogP contribution in [0.1, 0.15) is 0 Å². The highest BCUT2D eigenvalue weighted by Gasteiger charge is 2.02. The fraction of sp³-hybridized carbons (Fsp3) is 0. The second-order valence-electron chi connectivity index (χ2n) is 3.11. The summed E-state index contributed by atoms with van der Waals surface area (Å²) in [5.41, 5.74) is 7.93. The number of halogens is 2. The Labute approximate surface area is 97.7 Å². The number of hydrogen-bond donors (Lipinski definition) is 1. The molecule has 0 amide bonds. The van der Waals surface area contributed by atoms with E-state index >= 15 is 0 Å². The molecule has 0 aliphatic heterocycles. The molecule has 2 nitrogen and oxygen atoms in total. The van der Waals surface area contributed by atoms with Crippen LogP contribution >= 0.6 is 23.2 Å². The number of rotatable bonds is 1. The Bertz CT molecular complexity index is 480. The Morgan fingerprint density at radius 2 is 1.80 bits per heavy atom. The minimum Gasteiger partial charge on any atom is -0.397 e. The van der Waals surface area contributed by atoms with Gasteiger partial charge in [-0.25, -0.2) is 0 Å². The Morgan fingerprint density at radius 3 is 2.40 bits per heavy atom. The van der Waals surface area contributed by atoms with Crippen LogP contribution in [0, 0.1) is 0 Å². The molecule has 2 N–H and O–H groups in total. The normalized spacial score (nSPS) is 10.3. The van der Waals surface area contributed by atoms with Crippen molar-refractivity contribution in [3.8, 4) is 11.3 Å². The third-order valence-electron chi connectivity index (χ3n) is 2.00. The van der Waals surface area contributed by atoms with Gasteiger partial charge in [-0.3, -0.25) is 4.98 Å². The fourth-order valence-electron chi connectivity index (χ4n) is 1.23. The van der Waals surface area contributed by atoms with Crippen LogP contribution in [0.3, 0.4) is 0 Å². The van der Waals surface area contributed by atoms with E-state index in [9.17, 15) is 0 Å². The maximum absolute atomic E-state index is 5.91. The smallest absolute Gasteiger partial charge is 0.0704 e. The number of anilines is 1. The molecular weight excluding hydrogens is 231 g/mol. The first kappa shape index (κ1) is 10.3. The van der Waals surface area contributed by atoms with Crippen LogP contribution in [0.4, 0.5) is 5.69 Å². The summed E-state index contributed by atoms with van der Waals surface area (Å²) >= 11 is 11.7. The highest BCUT2D eigenvalue weighted by molar-refractivity contribution is 6.42. The van der Waals surface area contributed by atoms with Crippen molar-refractivity contribution in [3.05, 3.63) is 46.6 Å². The number of benzene rings is 1. The first-order chi connectivity index (χ1) is 7.16. The number of nitrogens with zero attached hydrogens (tertiary/aromatic N) is 1. The molecule has 2 aromatic rings. The second-order valence-corrected chi connectivity index (χ2v) is 3.92. The van der Waals surface area contributed by atoms with E-state index in [0.29, 0.717) is 15.7 Å². The largest absolute Gasteiger partial charge is 0.397 e. The van der Waals surface area contributed by atoms with Crippen LogP contribution in [0.15, 0.2) is 36.5 Å². The quantitative estimate of drug-likeness (QED) is 0.825. The van der Waals surface area contributed by atoms with Crippen LogP contribution in [-0.2, 0) is 0 Å². The first-order valence-electron chi connectivity index (χ1n) is 4.34. The highest BCUT2D eigenvalue weighted by Crippen LogP contribution is 2.27. The van der Waals surface area contributed by atoms with Crippen molar-refractivity contribution in [1.29, 1.82) is 0 Å². The summed E-state index contributed by atoms with van der Waals surface area (Å²) in [6.45, 7) is 0. The van der Waals surface area contributed by atoms with Gasteiger partial charge in [-0.1, -0.05) is 29.3 Å². The van der Waals surface area contributed by atoms with Gasteiger partial charge in [0.25, 0.3) is 0 Å². The summed E-state index contributed by atoms with van der Waals surface area (Å²) in [5, 5.41) is 1.06.